The highest BCUT2D eigenvalue weighted by atomic mass is 16.1. The zero-order chi connectivity index (χ0) is 15.2. The topological polar surface area (TPSA) is 43.1 Å². The molecule has 0 unspecified atom stereocenters. The fourth-order valence-electron chi connectivity index (χ4n) is 4.72. The molecule has 3 saturated carbocycles. The predicted octanol–water partition coefficient (Wildman–Crippen LogP) is 3.44. The predicted molar refractivity (Wildman–Crippen MR) is 87.5 cm³/mol. The molecule has 2 aromatic rings. The fraction of sp³-hybridized carbons (Fsp3) is 0.350. The van der Waals surface area contributed by atoms with Crippen LogP contribution in [0.5, 0.6) is 0 Å². The van der Waals surface area contributed by atoms with Gasteiger partial charge in [0.15, 0.2) is 5.78 Å². The molecule has 2 nitrogen and oxygen atoms in total. The Bertz CT molecular complexity index is 645. The Hall–Kier alpha value is -1.93. The minimum Gasteiger partial charge on any atom is -0.324 e. The number of ketones is 1. The Kier molecular flexibility index (Phi) is 2.98. The zero-order valence-electron chi connectivity index (χ0n) is 12.7. The van der Waals surface area contributed by atoms with Crippen LogP contribution in [0.2, 0.25) is 0 Å². The van der Waals surface area contributed by atoms with Crippen LogP contribution in [0.15, 0.2) is 60.7 Å². The van der Waals surface area contributed by atoms with Crippen LogP contribution >= 0.6 is 0 Å². The van der Waals surface area contributed by atoms with Crippen molar-refractivity contribution in [1.82, 2.24) is 0 Å². The molecule has 2 N–H and O–H groups in total. The molecule has 112 valence electrons. The molecule has 0 heterocycles. The lowest BCUT2D eigenvalue weighted by Gasteiger charge is -2.57. The Balaban J connectivity index is 2.04. The van der Waals surface area contributed by atoms with E-state index in [0.717, 1.165) is 36.8 Å². The summed E-state index contributed by atoms with van der Waals surface area (Å²) in [4.78, 5) is 13.4. The summed E-state index contributed by atoms with van der Waals surface area (Å²) in [6.07, 6.45) is 3.73. The van der Waals surface area contributed by atoms with E-state index in [1.165, 1.54) is 0 Å². The van der Waals surface area contributed by atoms with Gasteiger partial charge in [0.25, 0.3) is 0 Å². The number of fused-ring (bicyclic) bond motifs is 3. The maximum Gasteiger partial charge on any atom is 0.152 e. The van der Waals surface area contributed by atoms with Crippen molar-refractivity contribution in [3.63, 3.8) is 0 Å². The third-order valence-electron chi connectivity index (χ3n) is 5.78. The van der Waals surface area contributed by atoms with Gasteiger partial charge >= 0.3 is 0 Å². The van der Waals surface area contributed by atoms with Crippen LogP contribution in [0.4, 0.5) is 0 Å². The third-order valence-corrected chi connectivity index (χ3v) is 5.78. The SMILES string of the molecule is NC12CCC(CC1)C(=O)C2(c1ccccc1)c1ccccc1. The van der Waals surface area contributed by atoms with Gasteiger partial charge in [-0.05, 0) is 36.8 Å². The van der Waals surface area contributed by atoms with Crippen molar-refractivity contribution >= 4 is 5.78 Å². The second kappa shape index (κ2) is 4.79. The monoisotopic (exact) mass is 291 g/mol. The lowest BCUT2D eigenvalue weighted by atomic mass is 9.47. The molecule has 3 aliphatic rings. The number of carbonyl (C=O) groups is 1. The third kappa shape index (κ3) is 1.62. The number of nitrogens with two attached hydrogens (primary N) is 1. The average molecular weight is 291 g/mol. The maximum absolute atomic E-state index is 13.4. The van der Waals surface area contributed by atoms with Gasteiger partial charge in [-0.25, -0.2) is 0 Å². The van der Waals surface area contributed by atoms with Gasteiger partial charge in [0, 0.05) is 11.5 Å². The first-order chi connectivity index (χ1) is 10.7. The Morgan fingerprint density at radius 3 is 1.68 bits per heavy atom. The van der Waals surface area contributed by atoms with Crippen LogP contribution in [0.25, 0.3) is 0 Å². The first-order valence-electron chi connectivity index (χ1n) is 8.13. The van der Waals surface area contributed by atoms with Gasteiger partial charge in [0.2, 0.25) is 0 Å². The molecule has 0 radical (unpaired) electrons. The van der Waals surface area contributed by atoms with Crippen LogP contribution in [-0.4, -0.2) is 11.3 Å². The molecule has 0 amide bonds. The van der Waals surface area contributed by atoms with Gasteiger partial charge in [-0.15, -0.1) is 0 Å². The van der Waals surface area contributed by atoms with Crippen molar-refractivity contribution in [2.24, 2.45) is 11.7 Å². The van der Waals surface area contributed by atoms with Crippen molar-refractivity contribution in [3.8, 4) is 0 Å². The smallest absolute Gasteiger partial charge is 0.152 e. The van der Waals surface area contributed by atoms with Gasteiger partial charge in [-0.1, -0.05) is 60.7 Å². The molecule has 2 bridgehead atoms. The summed E-state index contributed by atoms with van der Waals surface area (Å²) in [5, 5.41) is 0. The van der Waals surface area contributed by atoms with E-state index < -0.39 is 11.0 Å². The van der Waals surface area contributed by atoms with E-state index in [-0.39, 0.29) is 5.92 Å². The lowest BCUT2D eigenvalue weighted by molar-refractivity contribution is -0.137. The summed E-state index contributed by atoms with van der Waals surface area (Å²) >= 11 is 0. The van der Waals surface area contributed by atoms with Crippen LogP contribution in [0, 0.1) is 5.92 Å². The highest BCUT2D eigenvalue weighted by Gasteiger charge is 2.63. The van der Waals surface area contributed by atoms with Gasteiger partial charge < -0.3 is 5.73 Å². The van der Waals surface area contributed by atoms with Crippen molar-refractivity contribution in [2.75, 3.05) is 0 Å². The molecule has 5 rings (SSSR count). The van der Waals surface area contributed by atoms with Gasteiger partial charge in [0.05, 0.1) is 5.41 Å². The molecule has 0 atom stereocenters. The maximum atomic E-state index is 13.4. The van der Waals surface area contributed by atoms with E-state index in [2.05, 4.69) is 24.3 Å². The second-order valence-corrected chi connectivity index (χ2v) is 6.78. The van der Waals surface area contributed by atoms with E-state index in [4.69, 9.17) is 5.73 Å². The molecular formula is C20H21NO. The van der Waals surface area contributed by atoms with E-state index >= 15 is 0 Å². The van der Waals surface area contributed by atoms with Crippen LogP contribution in [0.1, 0.15) is 36.8 Å². The van der Waals surface area contributed by atoms with Crippen molar-refractivity contribution in [1.29, 1.82) is 0 Å². The largest absolute Gasteiger partial charge is 0.324 e. The van der Waals surface area contributed by atoms with E-state index in [9.17, 15) is 4.79 Å². The van der Waals surface area contributed by atoms with E-state index in [1.54, 1.807) is 0 Å². The summed E-state index contributed by atoms with van der Waals surface area (Å²) in [6, 6.07) is 20.3. The molecular weight excluding hydrogens is 270 g/mol. The highest BCUT2D eigenvalue weighted by molar-refractivity contribution is 5.99. The molecule has 22 heavy (non-hydrogen) atoms. The Morgan fingerprint density at radius 1 is 0.818 bits per heavy atom. The average Bonchev–Trinajstić information content (AvgIpc) is 2.57. The van der Waals surface area contributed by atoms with Crippen molar-refractivity contribution in [2.45, 2.75) is 36.6 Å². The standard InChI is InChI=1S/C20H21NO/c21-19-13-11-15(12-14-19)18(22)20(19,16-7-3-1-4-8-16)17-9-5-2-6-10-17/h1-10,15H,11-14,21H2. The molecule has 0 aliphatic heterocycles. The molecule has 2 heteroatoms. The summed E-state index contributed by atoms with van der Waals surface area (Å²) in [5.41, 5.74) is 7.86. The Labute approximate surface area is 131 Å². The molecule has 3 aliphatic carbocycles. The molecule has 0 aromatic heterocycles. The normalized spacial score (nSPS) is 29.5. The number of benzene rings is 2. The van der Waals surface area contributed by atoms with Crippen LogP contribution < -0.4 is 5.73 Å². The number of carbonyl (C=O) groups excluding carboxylic acids is 1. The Morgan fingerprint density at radius 2 is 1.27 bits per heavy atom. The second-order valence-electron chi connectivity index (χ2n) is 6.78. The molecule has 0 saturated heterocycles. The van der Waals surface area contributed by atoms with Gasteiger partial charge in [-0.2, -0.15) is 0 Å². The van der Waals surface area contributed by atoms with E-state index in [0.29, 0.717) is 5.78 Å². The number of Topliss-reactive ketones (excluding diaryl/α,β-unsaturated/α-hetero) is 1. The molecule has 0 spiro atoms. The number of hydrogen-bond acceptors (Lipinski definition) is 2. The quantitative estimate of drug-likeness (QED) is 0.921. The zero-order valence-corrected chi connectivity index (χ0v) is 12.7. The van der Waals surface area contributed by atoms with E-state index in [1.807, 2.05) is 36.4 Å². The summed E-state index contributed by atoms with van der Waals surface area (Å²) in [5.74, 6) is 0.482. The van der Waals surface area contributed by atoms with Gasteiger partial charge in [0.1, 0.15) is 0 Å². The first-order valence-corrected chi connectivity index (χ1v) is 8.13. The summed E-state index contributed by atoms with van der Waals surface area (Å²) in [7, 11) is 0. The van der Waals surface area contributed by atoms with Crippen molar-refractivity contribution < 1.29 is 4.79 Å². The fourth-order valence-corrected chi connectivity index (χ4v) is 4.72. The van der Waals surface area contributed by atoms with Crippen LogP contribution in [-0.2, 0) is 10.2 Å². The van der Waals surface area contributed by atoms with Crippen molar-refractivity contribution in [3.05, 3.63) is 71.8 Å². The summed E-state index contributed by atoms with van der Waals surface area (Å²) < 4.78 is 0. The minimum absolute atomic E-state index is 0.158. The number of rotatable bonds is 2. The lowest BCUT2D eigenvalue weighted by Crippen LogP contribution is -2.69. The summed E-state index contributed by atoms with van der Waals surface area (Å²) in [6.45, 7) is 0. The minimum atomic E-state index is -0.684. The molecule has 2 aromatic carbocycles. The first kappa shape index (κ1) is 13.7. The van der Waals surface area contributed by atoms with Gasteiger partial charge in [-0.3, -0.25) is 4.79 Å². The molecule has 3 fully saturated rings. The van der Waals surface area contributed by atoms with Crippen LogP contribution in [0.3, 0.4) is 0 Å². The number of hydrogen-bond donors (Lipinski definition) is 1. The highest BCUT2D eigenvalue weighted by Crippen LogP contribution is 2.55.